The van der Waals surface area contributed by atoms with Crippen LogP contribution in [-0.4, -0.2) is 12.1 Å². The predicted molar refractivity (Wildman–Crippen MR) is 119 cm³/mol. The van der Waals surface area contributed by atoms with E-state index >= 15 is 0 Å². The summed E-state index contributed by atoms with van der Waals surface area (Å²) < 4.78 is 0. The average molecular weight is 400 g/mol. The topological polar surface area (TPSA) is 12.0 Å². The lowest BCUT2D eigenvalue weighted by atomic mass is 9.41. The molecule has 5 saturated carbocycles. The molecule has 5 aliphatic carbocycles. The number of nitrogens with one attached hydrogen (secondary N) is 1. The molecule has 28 heavy (non-hydrogen) atoms. The van der Waals surface area contributed by atoms with Gasteiger partial charge in [0.1, 0.15) is 0 Å². The van der Waals surface area contributed by atoms with Gasteiger partial charge in [0.05, 0.1) is 0 Å². The summed E-state index contributed by atoms with van der Waals surface area (Å²) in [5.41, 5.74) is 2.52. The Morgan fingerprint density at radius 3 is 2.25 bits per heavy atom. The van der Waals surface area contributed by atoms with Crippen molar-refractivity contribution >= 4 is 11.6 Å². The van der Waals surface area contributed by atoms with Gasteiger partial charge in [0.15, 0.2) is 0 Å². The van der Waals surface area contributed by atoms with Gasteiger partial charge in [-0.1, -0.05) is 37.1 Å². The van der Waals surface area contributed by atoms with Gasteiger partial charge >= 0.3 is 0 Å². The van der Waals surface area contributed by atoms with E-state index in [1.807, 2.05) is 0 Å². The Kier molecular flexibility index (Phi) is 5.07. The van der Waals surface area contributed by atoms with Gasteiger partial charge in [0.2, 0.25) is 0 Å². The minimum atomic E-state index is 0.421. The molecule has 6 rings (SSSR count). The third-order valence-electron chi connectivity index (χ3n) is 9.39. The zero-order valence-electron chi connectivity index (χ0n) is 17.9. The van der Waals surface area contributed by atoms with Crippen molar-refractivity contribution in [3.63, 3.8) is 0 Å². The van der Waals surface area contributed by atoms with Crippen molar-refractivity contribution in [2.24, 2.45) is 23.2 Å². The van der Waals surface area contributed by atoms with Gasteiger partial charge in [-0.05, 0) is 117 Å². The predicted octanol–water partition coefficient (Wildman–Crippen LogP) is 7.12. The van der Waals surface area contributed by atoms with E-state index in [1.54, 1.807) is 5.56 Å². The molecule has 0 amide bonds. The summed E-state index contributed by atoms with van der Waals surface area (Å²) in [4.78, 5) is 0. The second kappa shape index (κ2) is 7.31. The molecule has 1 aromatic carbocycles. The van der Waals surface area contributed by atoms with E-state index in [-0.39, 0.29) is 0 Å². The molecule has 0 radical (unpaired) electrons. The quantitative estimate of drug-likeness (QED) is 0.555. The minimum absolute atomic E-state index is 0.421. The summed E-state index contributed by atoms with van der Waals surface area (Å²) in [6.45, 7) is 4.90. The Balaban J connectivity index is 1.35. The van der Waals surface area contributed by atoms with Crippen LogP contribution in [0, 0.1) is 23.2 Å². The second-order valence-electron chi connectivity index (χ2n) is 11.1. The molecule has 2 heteroatoms. The first-order valence-corrected chi connectivity index (χ1v) is 12.4. The number of benzene rings is 1. The van der Waals surface area contributed by atoms with E-state index < -0.39 is 0 Å². The van der Waals surface area contributed by atoms with Crippen LogP contribution in [0.5, 0.6) is 0 Å². The van der Waals surface area contributed by atoms with Crippen LogP contribution < -0.4 is 5.32 Å². The van der Waals surface area contributed by atoms with Crippen LogP contribution in [0.15, 0.2) is 24.3 Å². The Bertz CT molecular complexity index is 673. The van der Waals surface area contributed by atoms with Crippen LogP contribution in [0.2, 0.25) is 5.02 Å². The summed E-state index contributed by atoms with van der Waals surface area (Å²) in [5.74, 6) is 2.87. The number of halogens is 1. The number of rotatable bonds is 5. The monoisotopic (exact) mass is 399 g/mol. The van der Waals surface area contributed by atoms with Crippen LogP contribution >= 0.6 is 11.6 Å². The molecular formula is C26H38ClN. The van der Waals surface area contributed by atoms with E-state index in [2.05, 4.69) is 43.4 Å². The molecule has 0 saturated heterocycles. The molecular weight excluding hydrogens is 362 g/mol. The van der Waals surface area contributed by atoms with Crippen LogP contribution in [-0.2, 0) is 5.41 Å². The first kappa shape index (κ1) is 19.4. The van der Waals surface area contributed by atoms with E-state index in [9.17, 15) is 0 Å². The third kappa shape index (κ3) is 3.35. The van der Waals surface area contributed by atoms with Gasteiger partial charge in [0, 0.05) is 17.1 Å². The van der Waals surface area contributed by atoms with Crippen molar-refractivity contribution in [2.45, 2.75) is 102 Å². The fourth-order valence-electron chi connectivity index (χ4n) is 8.25. The van der Waals surface area contributed by atoms with Crippen LogP contribution in [0.1, 0.15) is 90.0 Å². The van der Waals surface area contributed by atoms with Crippen LogP contribution in [0.4, 0.5) is 0 Å². The van der Waals surface area contributed by atoms with E-state index in [1.165, 1.54) is 70.6 Å². The maximum Gasteiger partial charge on any atom is 0.0406 e. The molecule has 0 heterocycles. The summed E-state index contributed by atoms with van der Waals surface area (Å²) >= 11 is 6.22. The molecule has 2 unspecified atom stereocenters. The Labute approximate surface area is 177 Å². The molecule has 5 atom stereocenters. The Hall–Kier alpha value is -0.530. The largest absolute Gasteiger partial charge is 0.311 e. The molecule has 5 fully saturated rings. The molecule has 154 valence electrons. The molecule has 0 spiro atoms. The smallest absolute Gasteiger partial charge is 0.0406 e. The second-order valence-corrected chi connectivity index (χ2v) is 11.6. The first-order chi connectivity index (χ1) is 13.5. The van der Waals surface area contributed by atoms with Gasteiger partial charge in [-0.3, -0.25) is 0 Å². The van der Waals surface area contributed by atoms with Crippen molar-refractivity contribution in [1.29, 1.82) is 0 Å². The van der Waals surface area contributed by atoms with Gasteiger partial charge in [-0.15, -0.1) is 0 Å². The van der Waals surface area contributed by atoms with Crippen molar-refractivity contribution in [3.05, 3.63) is 34.9 Å². The highest BCUT2D eigenvalue weighted by Gasteiger charge is 2.59. The SMILES string of the molecule is CCC1CCC(N[C@@H](C)C23C[C@@H]4C[C@@H](CC(c5ccc(Cl)cc5)(C4)C2)C3)CC1. The highest BCUT2D eigenvalue weighted by atomic mass is 35.5. The maximum absolute atomic E-state index is 6.22. The van der Waals surface area contributed by atoms with Gasteiger partial charge in [-0.25, -0.2) is 0 Å². The lowest BCUT2D eigenvalue weighted by Crippen LogP contribution is -2.61. The summed E-state index contributed by atoms with van der Waals surface area (Å²) in [6.07, 6.45) is 15.7. The summed E-state index contributed by atoms with van der Waals surface area (Å²) in [5, 5.41) is 5.05. The lowest BCUT2D eigenvalue weighted by Gasteiger charge is -2.64. The summed E-state index contributed by atoms with van der Waals surface area (Å²) in [6, 6.07) is 10.3. The number of hydrogen-bond donors (Lipinski definition) is 1. The van der Waals surface area contributed by atoms with Gasteiger partial charge in [-0.2, -0.15) is 0 Å². The number of hydrogen-bond acceptors (Lipinski definition) is 1. The zero-order chi connectivity index (χ0) is 19.4. The van der Waals surface area contributed by atoms with Crippen molar-refractivity contribution in [1.82, 2.24) is 5.32 Å². The molecule has 1 aromatic rings. The Morgan fingerprint density at radius 2 is 1.64 bits per heavy atom. The zero-order valence-corrected chi connectivity index (χ0v) is 18.6. The summed E-state index contributed by atoms with van der Waals surface area (Å²) in [7, 11) is 0. The molecule has 0 aromatic heterocycles. The maximum atomic E-state index is 6.22. The van der Waals surface area contributed by atoms with Crippen molar-refractivity contribution in [3.8, 4) is 0 Å². The molecule has 4 bridgehead atoms. The molecule has 5 aliphatic rings. The minimum Gasteiger partial charge on any atom is -0.311 e. The standard InChI is InChI=1S/C26H38ClN/c1-3-19-4-10-24(11-5-19)28-18(2)25-13-20-12-21(14-25)16-26(15-20,17-25)22-6-8-23(27)9-7-22/h6-9,18-21,24,28H,3-5,10-17H2,1-2H3/t18-,19?,20-,21+,24?,25?,26?/m0/s1. The Morgan fingerprint density at radius 1 is 1.00 bits per heavy atom. The van der Waals surface area contributed by atoms with Crippen LogP contribution in [0.25, 0.3) is 0 Å². The van der Waals surface area contributed by atoms with Crippen LogP contribution in [0.3, 0.4) is 0 Å². The molecule has 1 N–H and O–H groups in total. The highest BCUT2D eigenvalue weighted by Crippen LogP contribution is 2.66. The van der Waals surface area contributed by atoms with E-state index in [0.717, 1.165) is 28.8 Å². The fourth-order valence-corrected chi connectivity index (χ4v) is 8.37. The van der Waals surface area contributed by atoms with E-state index in [0.29, 0.717) is 16.9 Å². The molecule has 1 nitrogen and oxygen atoms in total. The lowest BCUT2D eigenvalue weighted by molar-refractivity contribution is -0.0902. The fraction of sp³-hybridized carbons (Fsp3) is 0.769. The third-order valence-corrected chi connectivity index (χ3v) is 9.64. The van der Waals surface area contributed by atoms with Gasteiger partial charge in [0.25, 0.3) is 0 Å². The molecule has 0 aliphatic heterocycles. The van der Waals surface area contributed by atoms with Gasteiger partial charge < -0.3 is 5.32 Å². The highest BCUT2D eigenvalue weighted by molar-refractivity contribution is 6.30. The average Bonchev–Trinajstić information content (AvgIpc) is 2.68. The van der Waals surface area contributed by atoms with E-state index in [4.69, 9.17) is 11.6 Å². The first-order valence-electron chi connectivity index (χ1n) is 12.0. The van der Waals surface area contributed by atoms with Crippen molar-refractivity contribution in [2.75, 3.05) is 0 Å². The van der Waals surface area contributed by atoms with Crippen molar-refractivity contribution < 1.29 is 0 Å². The normalized spacial score (nSPS) is 43.2.